The largest absolute Gasteiger partial charge is 0.399 e. The molecule has 5 rings (SSSR count). The van der Waals surface area contributed by atoms with Crippen LogP contribution in [0, 0.1) is 20.8 Å². The van der Waals surface area contributed by atoms with Gasteiger partial charge in [0.05, 0.1) is 11.4 Å². The number of azo groups is 1. The summed E-state index contributed by atoms with van der Waals surface area (Å²) in [4.78, 5) is 0. The lowest BCUT2D eigenvalue weighted by molar-refractivity contribution is 0.485. The lowest BCUT2D eigenvalue weighted by Gasteiger charge is -2.06. The van der Waals surface area contributed by atoms with Gasteiger partial charge in [0, 0.05) is 22.7 Å². The molecular formula is C38H52N6O3S. The number of anilines is 4. The molecule has 0 aliphatic heterocycles. The van der Waals surface area contributed by atoms with Crippen molar-refractivity contribution < 1.29 is 13.0 Å². The Kier molecular flexibility index (Phi) is 22.3. The Morgan fingerprint density at radius 1 is 0.562 bits per heavy atom. The zero-order chi connectivity index (χ0) is 36.4. The number of hydrogen-bond acceptors (Lipinski definition) is 8. The van der Waals surface area contributed by atoms with E-state index in [0.717, 1.165) is 45.1 Å². The van der Waals surface area contributed by atoms with Crippen LogP contribution in [0.5, 0.6) is 0 Å². The van der Waals surface area contributed by atoms with E-state index in [0.29, 0.717) is 5.69 Å². The molecule has 0 aliphatic carbocycles. The number of hydrogen-bond donors (Lipinski definition) is 5. The van der Waals surface area contributed by atoms with Crippen LogP contribution in [-0.2, 0) is 10.1 Å². The van der Waals surface area contributed by atoms with Crippen molar-refractivity contribution >= 4 is 44.2 Å². The van der Waals surface area contributed by atoms with Gasteiger partial charge in [-0.1, -0.05) is 100 Å². The number of nitrogens with zero attached hydrogens (tertiary/aromatic N) is 2. The smallest absolute Gasteiger partial charge is 0.283 e. The fraction of sp³-hybridized carbons (Fsp3) is 0.211. The number of nitrogen functional groups attached to an aromatic ring is 3. The predicted octanol–water partition coefficient (Wildman–Crippen LogP) is 10.1. The second-order valence-corrected chi connectivity index (χ2v) is 11.0. The third-order valence-electron chi connectivity index (χ3n) is 5.87. The van der Waals surface area contributed by atoms with E-state index < -0.39 is 16.0 Å². The van der Waals surface area contributed by atoms with Crippen molar-refractivity contribution in [2.45, 2.75) is 48.5 Å². The number of rotatable bonds is 5. The number of nitrogens with two attached hydrogens (primary N) is 3. The van der Waals surface area contributed by atoms with Crippen LogP contribution >= 0.6 is 0 Å². The van der Waals surface area contributed by atoms with Gasteiger partial charge in [-0.15, -0.1) is 0 Å². The van der Waals surface area contributed by atoms with Crippen LogP contribution in [0.25, 0.3) is 0 Å². The lowest BCUT2D eigenvalue weighted by Crippen LogP contribution is -2.13. The third-order valence-corrected chi connectivity index (χ3v) is 6.38. The summed E-state index contributed by atoms with van der Waals surface area (Å²) >= 11 is 0. The molecule has 5 aromatic carbocycles. The van der Waals surface area contributed by atoms with Crippen LogP contribution < -0.4 is 22.5 Å². The van der Waals surface area contributed by atoms with Crippen LogP contribution in [0.4, 0.5) is 34.1 Å². The number of aryl methyl sites for hydroxylation is 3. The quantitative estimate of drug-likeness (QED) is 0.0702. The second kappa shape index (κ2) is 25.0. The second-order valence-electron chi connectivity index (χ2n) is 9.56. The maximum absolute atomic E-state index is 10.4. The van der Waals surface area contributed by atoms with Crippen LogP contribution in [0.15, 0.2) is 138 Å². The Balaban J connectivity index is 0.000000619. The molecule has 0 bridgehead atoms. The van der Waals surface area contributed by atoms with Gasteiger partial charge in [0.1, 0.15) is 5.88 Å². The van der Waals surface area contributed by atoms with Gasteiger partial charge >= 0.3 is 0 Å². The van der Waals surface area contributed by atoms with Gasteiger partial charge in [0.2, 0.25) is 0 Å². The van der Waals surface area contributed by atoms with E-state index in [9.17, 15) is 8.42 Å². The Labute approximate surface area is 287 Å². The molecule has 258 valence electrons. The molecule has 8 N–H and O–H groups in total. The molecule has 0 heterocycles. The first-order chi connectivity index (χ1) is 22.9. The van der Waals surface area contributed by atoms with Crippen molar-refractivity contribution in [3.63, 3.8) is 0 Å². The molecule has 0 atom stereocenters. The van der Waals surface area contributed by atoms with Crippen molar-refractivity contribution in [3.05, 3.63) is 144 Å². The van der Waals surface area contributed by atoms with E-state index >= 15 is 0 Å². The first kappa shape index (κ1) is 42.8. The summed E-state index contributed by atoms with van der Waals surface area (Å²) in [6.07, 6.45) is 0. The van der Waals surface area contributed by atoms with Gasteiger partial charge in [0.15, 0.2) is 0 Å². The maximum Gasteiger partial charge on any atom is 0.283 e. The van der Waals surface area contributed by atoms with Crippen LogP contribution in [0.1, 0.15) is 44.4 Å². The molecule has 0 fully saturated rings. The fourth-order valence-electron chi connectivity index (χ4n) is 3.31. The molecule has 0 saturated carbocycles. The number of nitrogens with one attached hydrogen (secondary N) is 1. The highest BCUT2D eigenvalue weighted by molar-refractivity contribution is 7.85. The normalized spacial score (nSPS) is 9.67. The molecule has 0 aromatic heterocycles. The monoisotopic (exact) mass is 672 g/mol. The first-order valence-corrected chi connectivity index (χ1v) is 17.2. The zero-order valence-corrected chi connectivity index (χ0v) is 29.9. The van der Waals surface area contributed by atoms with Crippen molar-refractivity contribution in [1.82, 2.24) is 0 Å². The van der Waals surface area contributed by atoms with Gasteiger partial charge in [0.25, 0.3) is 10.1 Å². The Morgan fingerprint density at radius 3 is 1.46 bits per heavy atom. The number of benzene rings is 5. The molecule has 9 nitrogen and oxygen atoms in total. The third kappa shape index (κ3) is 20.0. The van der Waals surface area contributed by atoms with E-state index in [4.69, 9.17) is 21.8 Å². The van der Waals surface area contributed by atoms with Crippen molar-refractivity contribution in [3.8, 4) is 0 Å². The summed E-state index contributed by atoms with van der Waals surface area (Å²) in [5.41, 5.74) is 24.5. The maximum atomic E-state index is 10.4. The summed E-state index contributed by atoms with van der Waals surface area (Å²) in [6.45, 7) is 13.8. The molecule has 10 heteroatoms. The van der Waals surface area contributed by atoms with E-state index in [1.54, 1.807) is 12.1 Å². The lowest BCUT2D eigenvalue weighted by atomic mass is 10.2. The average Bonchev–Trinajstić information content (AvgIpc) is 3.09. The SMILES string of the molecule is CC.CC.Cc1cc(N=Nc2ccccc2)ccc1N.Cc1ccccc1N.Cc1ccccc1NCS(=O)(=O)O.Nc1ccccc1. The molecule has 0 radical (unpaired) electrons. The van der Waals surface area contributed by atoms with Crippen LogP contribution in [-0.4, -0.2) is 18.8 Å². The van der Waals surface area contributed by atoms with E-state index in [1.165, 1.54) is 0 Å². The van der Waals surface area contributed by atoms with E-state index in [-0.39, 0.29) is 0 Å². The van der Waals surface area contributed by atoms with Gasteiger partial charge in [-0.25, -0.2) is 0 Å². The van der Waals surface area contributed by atoms with Gasteiger partial charge in [-0.05, 0) is 92.1 Å². The zero-order valence-electron chi connectivity index (χ0n) is 29.1. The molecule has 48 heavy (non-hydrogen) atoms. The Hall–Kier alpha value is -5.19. The van der Waals surface area contributed by atoms with E-state index in [2.05, 4.69) is 15.5 Å². The number of para-hydroxylation sites is 3. The summed E-state index contributed by atoms with van der Waals surface area (Å²) in [6, 6.07) is 39.8. The standard InChI is InChI=1S/C13H13N3.C8H11NO3S.C7H9N.C6H7N.2C2H6/c1-10-9-12(7-8-13(10)14)16-15-11-5-3-2-4-6-11;1-7-4-2-3-5-8(7)9-6-13(10,11)12;1-6-4-2-3-5-7(6)8;7-6-4-2-1-3-5-6;2*1-2/h2-9H,14H2,1H3;2-5,9H,6H2,1H3,(H,10,11,12);2-5H,8H2,1H3;1-5H,7H2;2*1-2H3. The van der Waals surface area contributed by atoms with Gasteiger partial charge < -0.3 is 22.5 Å². The summed E-state index contributed by atoms with van der Waals surface area (Å²) in [5, 5.41) is 10.9. The average molecular weight is 673 g/mol. The minimum atomic E-state index is -3.95. The molecule has 0 unspecified atom stereocenters. The van der Waals surface area contributed by atoms with E-state index in [1.807, 2.05) is 164 Å². The summed E-state index contributed by atoms with van der Waals surface area (Å²) in [5.74, 6) is -0.460. The van der Waals surface area contributed by atoms with Crippen molar-refractivity contribution in [2.24, 2.45) is 10.2 Å². The molecule has 0 saturated heterocycles. The highest BCUT2D eigenvalue weighted by Crippen LogP contribution is 2.21. The molecule has 5 aromatic rings. The Bertz CT molecular complexity index is 1680. The van der Waals surface area contributed by atoms with Crippen molar-refractivity contribution in [2.75, 3.05) is 28.4 Å². The van der Waals surface area contributed by atoms with Crippen LogP contribution in [0.2, 0.25) is 0 Å². The predicted molar refractivity (Wildman–Crippen MR) is 207 cm³/mol. The van der Waals surface area contributed by atoms with Crippen LogP contribution in [0.3, 0.4) is 0 Å². The first-order valence-electron chi connectivity index (χ1n) is 15.6. The van der Waals surface area contributed by atoms with Crippen molar-refractivity contribution in [1.29, 1.82) is 0 Å². The topological polar surface area (TPSA) is 169 Å². The molecule has 0 amide bonds. The molecule has 0 aliphatic rings. The minimum absolute atomic E-state index is 0.460. The Morgan fingerprint density at radius 2 is 1.02 bits per heavy atom. The molecule has 0 spiro atoms. The fourth-order valence-corrected chi connectivity index (χ4v) is 3.65. The minimum Gasteiger partial charge on any atom is -0.399 e. The highest BCUT2D eigenvalue weighted by Gasteiger charge is 2.04. The molecular weight excluding hydrogens is 621 g/mol. The van der Waals surface area contributed by atoms with Gasteiger partial charge in [-0.3, -0.25) is 4.55 Å². The summed E-state index contributed by atoms with van der Waals surface area (Å²) < 4.78 is 29.3. The highest BCUT2D eigenvalue weighted by atomic mass is 32.2. The summed E-state index contributed by atoms with van der Waals surface area (Å²) in [7, 11) is -3.95. The van der Waals surface area contributed by atoms with Gasteiger partial charge in [-0.2, -0.15) is 18.6 Å².